The molecule has 0 bridgehead atoms. The van der Waals surface area contributed by atoms with Crippen molar-refractivity contribution in [1.29, 1.82) is 0 Å². The van der Waals surface area contributed by atoms with E-state index in [-0.39, 0.29) is 12.5 Å². The van der Waals surface area contributed by atoms with Gasteiger partial charge in [0.05, 0.1) is 0 Å². The van der Waals surface area contributed by atoms with E-state index >= 15 is 0 Å². The van der Waals surface area contributed by atoms with E-state index in [2.05, 4.69) is 4.84 Å². The number of carboxylic acid groups (broad SMARTS) is 1. The average Bonchev–Trinajstić information content (AvgIpc) is 2.85. The van der Waals surface area contributed by atoms with Crippen LogP contribution in [0.2, 0.25) is 0 Å². The lowest BCUT2D eigenvalue weighted by molar-refractivity contribution is 0.0176. The second kappa shape index (κ2) is 5.77. The van der Waals surface area contributed by atoms with Gasteiger partial charge in [-0.2, -0.15) is 0 Å². The molecule has 0 aliphatic heterocycles. The Morgan fingerprint density at radius 1 is 1.00 bits per heavy atom. The van der Waals surface area contributed by atoms with Gasteiger partial charge < -0.3 is 14.7 Å². The first kappa shape index (κ1) is 13.9. The molecule has 0 radical (unpaired) electrons. The Bertz CT molecular complexity index is 682. The van der Waals surface area contributed by atoms with Crippen LogP contribution in [0, 0.1) is 0 Å². The largest absolute Gasteiger partial charge is 0.533 e. The number of carbonyl (C=O) groups is 2. The Kier molecular flexibility index (Phi) is 3.65. The molecule has 2 aromatic rings. The maximum absolute atomic E-state index is 11.4. The number of fused-ring (bicyclic) bond motifs is 3. The van der Waals surface area contributed by atoms with Crippen molar-refractivity contribution in [3.05, 3.63) is 59.7 Å². The van der Waals surface area contributed by atoms with E-state index in [4.69, 9.17) is 9.84 Å². The van der Waals surface area contributed by atoms with Gasteiger partial charge in [-0.3, -0.25) is 0 Å². The molecule has 0 aromatic heterocycles. The summed E-state index contributed by atoms with van der Waals surface area (Å²) in [6.07, 6.45) is -2.54. The van der Waals surface area contributed by atoms with Crippen molar-refractivity contribution in [3.63, 3.8) is 0 Å². The number of nitrogens with one attached hydrogen (secondary N) is 1. The summed E-state index contributed by atoms with van der Waals surface area (Å²) in [6, 6.07) is 15.8. The normalized spacial score (nSPS) is 12.2. The predicted octanol–water partition coefficient (Wildman–Crippen LogP) is 3.13. The van der Waals surface area contributed by atoms with Gasteiger partial charge in [0, 0.05) is 5.92 Å². The van der Waals surface area contributed by atoms with Gasteiger partial charge in [-0.05, 0) is 22.3 Å². The molecule has 6 heteroatoms. The van der Waals surface area contributed by atoms with Gasteiger partial charge in [0.2, 0.25) is 0 Å². The molecular weight excluding hydrogens is 286 g/mol. The molecule has 0 atom stereocenters. The van der Waals surface area contributed by atoms with E-state index in [1.165, 1.54) is 5.48 Å². The van der Waals surface area contributed by atoms with Crippen LogP contribution in [-0.4, -0.2) is 24.0 Å². The molecule has 0 fully saturated rings. The van der Waals surface area contributed by atoms with Crippen LogP contribution in [0.3, 0.4) is 0 Å². The molecule has 1 aliphatic carbocycles. The first-order valence-electron chi connectivity index (χ1n) is 6.67. The Morgan fingerprint density at radius 2 is 1.55 bits per heavy atom. The highest BCUT2D eigenvalue weighted by molar-refractivity contribution is 5.79. The molecule has 2 N–H and O–H groups in total. The van der Waals surface area contributed by atoms with Gasteiger partial charge in [0.15, 0.2) is 0 Å². The molecule has 0 unspecified atom stereocenters. The number of ether oxygens (including phenoxy) is 1. The number of hydrogen-bond donors (Lipinski definition) is 2. The highest BCUT2D eigenvalue weighted by Gasteiger charge is 2.29. The monoisotopic (exact) mass is 299 g/mol. The summed E-state index contributed by atoms with van der Waals surface area (Å²) in [5.41, 5.74) is 5.87. The van der Waals surface area contributed by atoms with Crippen molar-refractivity contribution in [1.82, 2.24) is 5.48 Å². The number of benzene rings is 2. The van der Waals surface area contributed by atoms with Crippen LogP contribution >= 0.6 is 0 Å². The summed E-state index contributed by atoms with van der Waals surface area (Å²) >= 11 is 0. The van der Waals surface area contributed by atoms with Crippen molar-refractivity contribution in [3.8, 4) is 11.1 Å². The van der Waals surface area contributed by atoms with E-state index < -0.39 is 12.2 Å². The van der Waals surface area contributed by atoms with Gasteiger partial charge >= 0.3 is 12.2 Å². The SMILES string of the molecule is O=C(O)NOC(=O)OCC1c2ccccc2-c2ccccc21. The standard InChI is InChI=1S/C16H13NO5/c18-15(19)17-22-16(20)21-9-14-12-7-3-1-5-10(12)11-6-2-4-8-13(11)14/h1-8,14,17H,9H2,(H,18,19). The molecule has 6 nitrogen and oxygen atoms in total. The lowest BCUT2D eigenvalue weighted by atomic mass is 9.98. The van der Waals surface area contributed by atoms with Crippen molar-refractivity contribution in [2.24, 2.45) is 0 Å². The zero-order valence-corrected chi connectivity index (χ0v) is 11.5. The second-order valence-corrected chi connectivity index (χ2v) is 4.80. The van der Waals surface area contributed by atoms with Gasteiger partial charge in [0.25, 0.3) is 0 Å². The first-order chi connectivity index (χ1) is 10.7. The highest BCUT2D eigenvalue weighted by Crippen LogP contribution is 2.44. The molecule has 0 saturated carbocycles. The molecule has 0 spiro atoms. The van der Waals surface area contributed by atoms with Gasteiger partial charge in [-0.25, -0.2) is 9.59 Å². The molecule has 3 rings (SSSR count). The molecule has 0 heterocycles. The van der Waals surface area contributed by atoms with Gasteiger partial charge in [-0.1, -0.05) is 48.5 Å². The Balaban J connectivity index is 1.77. The minimum absolute atomic E-state index is 0.0775. The van der Waals surface area contributed by atoms with E-state index in [0.29, 0.717) is 0 Å². The van der Waals surface area contributed by atoms with E-state index in [1.807, 2.05) is 48.5 Å². The van der Waals surface area contributed by atoms with Crippen molar-refractivity contribution < 1.29 is 24.3 Å². The molecule has 0 saturated heterocycles. The van der Waals surface area contributed by atoms with E-state index in [0.717, 1.165) is 22.3 Å². The highest BCUT2D eigenvalue weighted by atomic mass is 16.8. The third-order valence-corrected chi connectivity index (χ3v) is 3.55. The Morgan fingerprint density at radius 3 is 2.09 bits per heavy atom. The van der Waals surface area contributed by atoms with Crippen LogP contribution in [-0.2, 0) is 9.57 Å². The third kappa shape index (κ3) is 2.58. The van der Waals surface area contributed by atoms with Crippen molar-refractivity contribution in [2.75, 3.05) is 6.61 Å². The smallest absolute Gasteiger partial charge is 0.463 e. The van der Waals surface area contributed by atoms with Crippen LogP contribution in [0.4, 0.5) is 9.59 Å². The predicted molar refractivity (Wildman–Crippen MR) is 77.3 cm³/mol. The quantitative estimate of drug-likeness (QED) is 0.657. The Labute approximate surface area is 126 Å². The number of carbonyl (C=O) groups excluding carboxylic acids is 1. The maximum Gasteiger partial charge on any atom is 0.533 e. The molecule has 2 aromatic carbocycles. The lowest BCUT2D eigenvalue weighted by Gasteiger charge is -2.13. The van der Waals surface area contributed by atoms with Gasteiger partial charge in [-0.15, -0.1) is 5.48 Å². The van der Waals surface area contributed by atoms with Crippen LogP contribution < -0.4 is 5.48 Å². The summed E-state index contributed by atoms with van der Waals surface area (Å²) < 4.78 is 5.00. The fourth-order valence-corrected chi connectivity index (χ4v) is 2.71. The molecule has 112 valence electrons. The van der Waals surface area contributed by atoms with Crippen LogP contribution in [0.1, 0.15) is 17.0 Å². The van der Waals surface area contributed by atoms with Crippen LogP contribution in [0.15, 0.2) is 48.5 Å². The Hall–Kier alpha value is -3.02. The number of hydroxylamine groups is 1. The van der Waals surface area contributed by atoms with E-state index in [9.17, 15) is 9.59 Å². The molecular formula is C16H13NO5. The summed E-state index contributed by atoms with van der Waals surface area (Å²) in [4.78, 5) is 25.8. The number of amides is 1. The molecule has 1 amide bonds. The van der Waals surface area contributed by atoms with Crippen LogP contribution in [0.5, 0.6) is 0 Å². The fourth-order valence-electron chi connectivity index (χ4n) is 2.71. The number of rotatable bonds is 2. The summed E-state index contributed by atoms with van der Waals surface area (Å²) in [7, 11) is 0. The minimum atomic E-state index is -1.46. The van der Waals surface area contributed by atoms with Crippen molar-refractivity contribution >= 4 is 12.2 Å². The first-order valence-corrected chi connectivity index (χ1v) is 6.67. The number of hydrogen-bond acceptors (Lipinski definition) is 4. The third-order valence-electron chi connectivity index (χ3n) is 3.55. The summed E-state index contributed by atoms with van der Waals surface area (Å²) in [5, 5.41) is 8.36. The van der Waals surface area contributed by atoms with Crippen LogP contribution in [0.25, 0.3) is 11.1 Å². The second-order valence-electron chi connectivity index (χ2n) is 4.80. The minimum Gasteiger partial charge on any atom is -0.463 e. The summed E-state index contributed by atoms with van der Waals surface area (Å²) in [5.74, 6) is -0.0928. The zero-order valence-electron chi connectivity index (χ0n) is 11.5. The molecule has 22 heavy (non-hydrogen) atoms. The average molecular weight is 299 g/mol. The topological polar surface area (TPSA) is 84.9 Å². The lowest BCUT2D eigenvalue weighted by Crippen LogP contribution is -2.26. The fraction of sp³-hybridized carbons (Fsp3) is 0.125. The zero-order chi connectivity index (χ0) is 15.5. The summed E-state index contributed by atoms with van der Waals surface area (Å²) in [6.45, 7) is 0.0775. The van der Waals surface area contributed by atoms with Gasteiger partial charge in [0.1, 0.15) is 6.61 Å². The van der Waals surface area contributed by atoms with Crippen molar-refractivity contribution in [2.45, 2.75) is 5.92 Å². The maximum atomic E-state index is 11.4. The van der Waals surface area contributed by atoms with E-state index in [1.54, 1.807) is 0 Å². The molecule has 1 aliphatic rings.